The Morgan fingerprint density at radius 1 is 1.47 bits per heavy atom. The molecule has 0 spiro atoms. The predicted molar refractivity (Wildman–Crippen MR) is 61.9 cm³/mol. The fourth-order valence-electron chi connectivity index (χ4n) is 2.44. The minimum absolute atomic E-state index is 0.0109. The maximum absolute atomic E-state index is 11.8. The summed E-state index contributed by atoms with van der Waals surface area (Å²) >= 11 is 0. The fourth-order valence-corrected chi connectivity index (χ4v) is 2.44. The normalized spacial score (nSPS) is 28.9. The second kappa shape index (κ2) is 5.25. The van der Waals surface area contributed by atoms with E-state index in [1.165, 1.54) is 23.9 Å². The molecule has 6 heteroatoms. The van der Waals surface area contributed by atoms with Crippen LogP contribution in [0.5, 0.6) is 0 Å². The molecule has 1 heterocycles. The Morgan fingerprint density at radius 2 is 2.29 bits per heavy atom. The average Bonchev–Trinajstić information content (AvgIpc) is 2.77. The van der Waals surface area contributed by atoms with E-state index in [0.717, 1.165) is 6.42 Å². The van der Waals surface area contributed by atoms with E-state index in [1.807, 2.05) is 0 Å². The lowest BCUT2D eigenvalue weighted by Gasteiger charge is -2.34. The van der Waals surface area contributed by atoms with Gasteiger partial charge in [-0.25, -0.2) is 4.68 Å². The molecule has 17 heavy (non-hydrogen) atoms. The van der Waals surface area contributed by atoms with Crippen LogP contribution in [0.25, 0.3) is 0 Å². The highest BCUT2D eigenvalue weighted by Crippen LogP contribution is 2.29. The summed E-state index contributed by atoms with van der Waals surface area (Å²) in [6.45, 7) is 4.67. The van der Waals surface area contributed by atoms with Gasteiger partial charge in [0.2, 0.25) is 5.91 Å². The molecule has 3 atom stereocenters. The molecule has 0 bridgehead atoms. The number of carbonyl (C=O) groups is 1. The van der Waals surface area contributed by atoms with Gasteiger partial charge in [0.25, 0.3) is 0 Å². The van der Waals surface area contributed by atoms with Gasteiger partial charge in [0.05, 0.1) is 0 Å². The second-order valence-electron chi connectivity index (χ2n) is 4.95. The summed E-state index contributed by atoms with van der Waals surface area (Å²) in [5.74, 6) is 1.21. The van der Waals surface area contributed by atoms with Gasteiger partial charge in [-0.2, -0.15) is 0 Å². The van der Waals surface area contributed by atoms with Crippen molar-refractivity contribution in [3.8, 4) is 0 Å². The molecule has 94 valence electrons. The zero-order valence-electron chi connectivity index (χ0n) is 10.3. The lowest BCUT2D eigenvalue weighted by atomic mass is 9.78. The number of rotatable bonds is 3. The molecule has 1 aliphatic carbocycles. The van der Waals surface area contributed by atoms with E-state index in [1.54, 1.807) is 0 Å². The van der Waals surface area contributed by atoms with Crippen LogP contribution in [0, 0.1) is 11.8 Å². The van der Waals surface area contributed by atoms with Gasteiger partial charge in [-0.15, -0.1) is 5.10 Å². The number of aromatic nitrogens is 4. The second-order valence-corrected chi connectivity index (χ2v) is 4.95. The van der Waals surface area contributed by atoms with Crippen molar-refractivity contribution in [2.45, 2.75) is 45.7 Å². The third-order valence-electron chi connectivity index (χ3n) is 3.75. The molecule has 0 unspecified atom stereocenters. The lowest BCUT2D eigenvalue weighted by molar-refractivity contribution is -0.123. The number of nitrogens with zero attached hydrogens (tertiary/aromatic N) is 4. The average molecular weight is 237 g/mol. The van der Waals surface area contributed by atoms with Gasteiger partial charge in [0.1, 0.15) is 12.9 Å². The molecule has 1 aromatic rings. The Balaban J connectivity index is 1.85. The summed E-state index contributed by atoms with van der Waals surface area (Å²) < 4.78 is 1.44. The molecule has 1 aromatic heterocycles. The van der Waals surface area contributed by atoms with Crippen LogP contribution in [-0.2, 0) is 11.3 Å². The summed E-state index contributed by atoms with van der Waals surface area (Å²) in [5.41, 5.74) is 0. The van der Waals surface area contributed by atoms with Gasteiger partial charge < -0.3 is 5.32 Å². The van der Waals surface area contributed by atoms with Gasteiger partial charge in [-0.05, 0) is 28.7 Å². The first-order valence-corrected chi connectivity index (χ1v) is 6.17. The van der Waals surface area contributed by atoms with Crippen molar-refractivity contribution in [3.05, 3.63) is 6.33 Å². The van der Waals surface area contributed by atoms with Gasteiger partial charge in [0.15, 0.2) is 0 Å². The van der Waals surface area contributed by atoms with E-state index in [2.05, 4.69) is 34.7 Å². The van der Waals surface area contributed by atoms with Crippen LogP contribution in [0.2, 0.25) is 0 Å². The molecule has 0 saturated heterocycles. The number of hydrogen-bond donors (Lipinski definition) is 1. The smallest absolute Gasteiger partial charge is 0.242 e. The molecule has 0 aliphatic heterocycles. The van der Waals surface area contributed by atoms with E-state index in [-0.39, 0.29) is 12.5 Å². The summed E-state index contributed by atoms with van der Waals surface area (Å²) in [5, 5.41) is 13.8. The van der Waals surface area contributed by atoms with Crippen molar-refractivity contribution < 1.29 is 4.79 Å². The van der Waals surface area contributed by atoms with Crippen LogP contribution in [0.4, 0.5) is 0 Å². The Labute approximate surface area is 101 Å². The van der Waals surface area contributed by atoms with Crippen molar-refractivity contribution >= 4 is 5.91 Å². The molecule has 1 amide bonds. The van der Waals surface area contributed by atoms with Crippen molar-refractivity contribution in [1.82, 2.24) is 25.5 Å². The maximum atomic E-state index is 11.8. The standard InChI is InChI=1S/C11H19N5O/c1-8-4-3-5-10(9(8)2)13-11(17)6-16-7-12-14-15-16/h7-10H,3-6H2,1-2H3,(H,13,17)/t8-,9+,10+/m1/s1. The highest BCUT2D eigenvalue weighted by Gasteiger charge is 2.28. The number of hydrogen-bond acceptors (Lipinski definition) is 4. The highest BCUT2D eigenvalue weighted by molar-refractivity contribution is 5.75. The molecule has 0 radical (unpaired) electrons. The monoisotopic (exact) mass is 237 g/mol. The fraction of sp³-hybridized carbons (Fsp3) is 0.818. The summed E-state index contributed by atoms with van der Waals surface area (Å²) in [7, 11) is 0. The van der Waals surface area contributed by atoms with Crippen LogP contribution < -0.4 is 5.32 Å². The summed E-state index contributed by atoms with van der Waals surface area (Å²) in [6.07, 6.45) is 4.99. The van der Waals surface area contributed by atoms with Crippen molar-refractivity contribution in [2.75, 3.05) is 0 Å². The van der Waals surface area contributed by atoms with Crippen LogP contribution in [0.3, 0.4) is 0 Å². The van der Waals surface area contributed by atoms with Crippen molar-refractivity contribution in [1.29, 1.82) is 0 Å². The van der Waals surface area contributed by atoms with E-state index in [0.29, 0.717) is 17.9 Å². The Bertz CT molecular complexity index is 364. The van der Waals surface area contributed by atoms with E-state index in [9.17, 15) is 4.79 Å². The molecular formula is C11H19N5O. The molecule has 1 fully saturated rings. The minimum Gasteiger partial charge on any atom is -0.351 e. The largest absolute Gasteiger partial charge is 0.351 e. The first-order valence-electron chi connectivity index (χ1n) is 6.17. The molecule has 1 saturated carbocycles. The Morgan fingerprint density at radius 3 is 3.00 bits per heavy atom. The van der Waals surface area contributed by atoms with Gasteiger partial charge >= 0.3 is 0 Å². The van der Waals surface area contributed by atoms with Crippen molar-refractivity contribution in [2.24, 2.45) is 11.8 Å². The minimum atomic E-state index is -0.0109. The Kier molecular flexibility index (Phi) is 3.71. The zero-order valence-corrected chi connectivity index (χ0v) is 10.3. The highest BCUT2D eigenvalue weighted by atomic mass is 16.2. The number of amides is 1. The molecule has 1 aliphatic rings. The molecule has 0 aromatic carbocycles. The third kappa shape index (κ3) is 3.01. The quantitative estimate of drug-likeness (QED) is 0.836. The third-order valence-corrected chi connectivity index (χ3v) is 3.75. The number of nitrogens with one attached hydrogen (secondary N) is 1. The van der Waals surface area contributed by atoms with E-state index in [4.69, 9.17) is 0 Å². The zero-order chi connectivity index (χ0) is 12.3. The van der Waals surface area contributed by atoms with Gasteiger partial charge in [-0.3, -0.25) is 4.79 Å². The molecule has 2 rings (SSSR count). The molecule has 1 N–H and O–H groups in total. The SMILES string of the molecule is C[C@H]1[C@H](C)CCC[C@@H]1NC(=O)Cn1cnnn1. The predicted octanol–water partition coefficient (Wildman–Crippen LogP) is 0.614. The van der Waals surface area contributed by atoms with Crippen LogP contribution in [0.15, 0.2) is 6.33 Å². The van der Waals surface area contributed by atoms with E-state index >= 15 is 0 Å². The van der Waals surface area contributed by atoms with Crippen LogP contribution in [0.1, 0.15) is 33.1 Å². The van der Waals surface area contributed by atoms with E-state index < -0.39 is 0 Å². The summed E-state index contributed by atoms with van der Waals surface area (Å²) in [4.78, 5) is 11.8. The number of carbonyl (C=O) groups excluding carboxylic acids is 1. The summed E-state index contributed by atoms with van der Waals surface area (Å²) in [6, 6.07) is 0.294. The van der Waals surface area contributed by atoms with Crippen molar-refractivity contribution in [3.63, 3.8) is 0 Å². The van der Waals surface area contributed by atoms with Crippen LogP contribution >= 0.6 is 0 Å². The first kappa shape index (κ1) is 12.0. The Hall–Kier alpha value is -1.46. The van der Waals surface area contributed by atoms with Crippen LogP contribution in [-0.4, -0.2) is 32.2 Å². The lowest BCUT2D eigenvalue weighted by Crippen LogP contribution is -2.44. The van der Waals surface area contributed by atoms with Gasteiger partial charge in [-0.1, -0.05) is 26.7 Å². The first-order chi connectivity index (χ1) is 8.16. The number of tetrazole rings is 1. The maximum Gasteiger partial charge on any atom is 0.242 e. The molecular weight excluding hydrogens is 218 g/mol. The van der Waals surface area contributed by atoms with Gasteiger partial charge in [0, 0.05) is 6.04 Å². The molecule has 6 nitrogen and oxygen atoms in total. The topological polar surface area (TPSA) is 72.7 Å².